The van der Waals surface area contributed by atoms with Crippen molar-refractivity contribution in [1.29, 1.82) is 0 Å². The molecule has 2 heteroatoms. The maximum atomic E-state index is 5.94. The summed E-state index contributed by atoms with van der Waals surface area (Å²) < 4.78 is 11.3. The van der Waals surface area contributed by atoms with Crippen LogP contribution >= 0.6 is 0 Å². The van der Waals surface area contributed by atoms with E-state index in [1.807, 2.05) is 0 Å². The van der Waals surface area contributed by atoms with E-state index in [-0.39, 0.29) is 0 Å². The van der Waals surface area contributed by atoms with Crippen LogP contribution < -0.4 is 4.74 Å². The second-order valence-electron chi connectivity index (χ2n) is 4.75. The summed E-state index contributed by atoms with van der Waals surface area (Å²) >= 11 is 0. The number of hydrogen-bond acceptors (Lipinski definition) is 2. The van der Waals surface area contributed by atoms with Gasteiger partial charge in [-0.25, -0.2) is 0 Å². The summed E-state index contributed by atoms with van der Waals surface area (Å²) in [6.07, 6.45) is 4.71. The monoisotopic (exact) mass is 234 g/mol. The van der Waals surface area contributed by atoms with E-state index >= 15 is 0 Å². The molecule has 0 aromatic heterocycles. The van der Waals surface area contributed by atoms with Crippen molar-refractivity contribution in [3.05, 3.63) is 29.8 Å². The Kier molecular flexibility index (Phi) is 4.87. The fourth-order valence-corrected chi connectivity index (χ4v) is 2.14. The van der Waals surface area contributed by atoms with Crippen LogP contribution in [0, 0.1) is 5.92 Å². The van der Waals surface area contributed by atoms with Gasteiger partial charge < -0.3 is 9.47 Å². The predicted octanol–water partition coefficient (Wildman–Crippen LogP) is 3.44. The van der Waals surface area contributed by atoms with Gasteiger partial charge in [-0.3, -0.25) is 0 Å². The minimum Gasteiger partial charge on any atom is -0.493 e. The van der Waals surface area contributed by atoms with E-state index in [9.17, 15) is 0 Å². The van der Waals surface area contributed by atoms with Crippen LogP contribution in [0.1, 0.15) is 31.7 Å². The van der Waals surface area contributed by atoms with Crippen molar-refractivity contribution >= 4 is 0 Å². The Balaban J connectivity index is 1.89. The molecule has 0 radical (unpaired) electrons. The first-order valence-electron chi connectivity index (χ1n) is 6.68. The lowest BCUT2D eigenvalue weighted by atomic mass is 10.1. The maximum absolute atomic E-state index is 5.94. The van der Waals surface area contributed by atoms with Crippen LogP contribution in [0.15, 0.2) is 24.3 Å². The molecular weight excluding hydrogens is 212 g/mol. The molecule has 1 unspecified atom stereocenters. The zero-order valence-electron chi connectivity index (χ0n) is 10.7. The first-order chi connectivity index (χ1) is 8.40. The smallest absolute Gasteiger partial charge is 0.122 e. The van der Waals surface area contributed by atoms with Gasteiger partial charge in [-0.2, -0.15) is 0 Å². The Hall–Kier alpha value is -1.02. The Labute approximate surface area is 104 Å². The van der Waals surface area contributed by atoms with Crippen molar-refractivity contribution in [2.75, 3.05) is 19.8 Å². The topological polar surface area (TPSA) is 18.5 Å². The molecular formula is C15H22O2. The Bertz CT molecular complexity index is 329. The number of para-hydroxylation sites is 1. The van der Waals surface area contributed by atoms with Crippen molar-refractivity contribution in [3.63, 3.8) is 0 Å². The van der Waals surface area contributed by atoms with Crippen LogP contribution in [0.2, 0.25) is 0 Å². The molecule has 0 N–H and O–H groups in total. The molecule has 1 aromatic rings. The van der Waals surface area contributed by atoms with Gasteiger partial charge in [0.05, 0.1) is 13.2 Å². The Morgan fingerprint density at radius 1 is 1.35 bits per heavy atom. The molecule has 2 nitrogen and oxygen atoms in total. The van der Waals surface area contributed by atoms with Gasteiger partial charge in [-0.05, 0) is 30.9 Å². The molecule has 1 aliphatic rings. The highest BCUT2D eigenvalue weighted by atomic mass is 16.5. The first-order valence-corrected chi connectivity index (χ1v) is 6.68. The van der Waals surface area contributed by atoms with Gasteiger partial charge >= 0.3 is 0 Å². The second-order valence-corrected chi connectivity index (χ2v) is 4.75. The number of aryl methyl sites for hydroxylation is 1. The summed E-state index contributed by atoms with van der Waals surface area (Å²) in [5, 5.41) is 0. The lowest BCUT2D eigenvalue weighted by Crippen LogP contribution is -2.12. The van der Waals surface area contributed by atoms with E-state index in [2.05, 4.69) is 31.2 Å². The van der Waals surface area contributed by atoms with Crippen molar-refractivity contribution < 1.29 is 9.47 Å². The van der Waals surface area contributed by atoms with Crippen LogP contribution in [-0.2, 0) is 11.2 Å². The fraction of sp³-hybridized carbons (Fsp3) is 0.600. The number of unbranched alkanes of at least 4 members (excludes halogenated alkanes) is 1. The molecule has 0 amide bonds. The highest BCUT2D eigenvalue weighted by Crippen LogP contribution is 2.22. The van der Waals surface area contributed by atoms with Crippen LogP contribution in [0.5, 0.6) is 5.75 Å². The zero-order chi connectivity index (χ0) is 11.9. The SMILES string of the molecule is CCCCc1ccccc1OCC1CCOC1. The number of benzene rings is 1. The molecule has 0 saturated carbocycles. The molecule has 1 saturated heterocycles. The molecule has 0 spiro atoms. The van der Waals surface area contributed by atoms with E-state index in [0.717, 1.165) is 38.4 Å². The molecule has 1 aromatic carbocycles. The van der Waals surface area contributed by atoms with Gasteiger partial charge in [0.2, 0.25) is 0 Å². The summed E-state index contributed by atoms with van der Waals surface area (Å²) in [4.78, 5) is 0. The lowest BCUT2D eigenvalue weighted by molar-refractivity contribution is 0.166. The molecule has 1 fully saturated rings. The highest BCUT2D eigenvalue weighted by Gasteiger charge is 2.16. The standard InChI is InChI=1S/C15H22O2/c1-2-3-6-14-7-4-5-8-15(14)17-12-13-9-10-16-11-13/h4-5,7-8,13H,2-3,6,9-12H2,1H3. The van der Waals surface area contributed by atoms with Crippen LogP contribution in [-0.4, -0.2) is 19.8 Å². The average molecular weight is 234 g/mol. The van der Waals surface area contributed by atoms with Gasteiger partial charge in [0.25, 0.3) is 0 Å². The number of ether oxygens (including phenoxy) is 2. The van der Waals surface area contributed by atoms with Crippen LogP contribution in [0.3, 0.4) is 0 Å². The lowest BCUT2D eigenvalue weighted by Gasteiger charge is -2.13. The zero-order valence-corrected chi connectivity index (χ0v) is 10.7. The highest BCUT2D eigenvalue weighted by molar-refractivity contribution is 5.33. The van der Waals surface area contributed by atoms with Crippen LogP contribution in [0.25, 0.3) is 0 Å². The van der Waals surface area contributed by atoms with Gasteiger partial charge in [-0.15, -0.1) is 0 Å². The molecule has 1 aliphatic heterocycles. The van der Waals surface area contributed by atoms with Crippen molar-refractivity contribution in [2.24, 2.45) is 5.92 Å². The minimum atomic E-state index is 0.578. The Morgan fingerprint density at radius 3 is 3.00 bits per heavy atom. The predicted molar refractivity (Wildman–Crippen MR) is 69.5 cm³/mol. The summed E-state index contributed by atoms with van der Waals surface area (Å²) in [6.45, 7) is 4.77. The van der Waals surface area contributed by atoms with Gasteiger partial charge in [0, 0.05) is 12.5 Å². The molecule has 1 atom stereocenters. The summed E-state index contributed by atoms with van der Waals surface area (Å²) in [7, 11) is 0. The molecule has 94 valence electrons. The maximum Gasteiger partial charge on any atom is 0.122 e. The van der Waals surface area contributed by atoms with Gasteiger partial charge in [0.1, 0.15) is 5.75 Å². The van der Waals surface area contributed by atoms with Crippen molar-refractivity contribution in [1.82, 2.24) is 0 Å². The third-order valence-corrected chi connectivity index (χ3v) is 3.27. The van der Waals surface area contributed by atoms with Gasteiger partial charge in [0.15, 0.2) is 0 Å². The molecule has 2 rings (SSSR count). The first kappa shape index (κ1) is 12.4. The third kappa shape index (κ3) is 3.74. The van der Waals surface area contributed by atoms with E-state index in [1.165, 1.54) is 18.4 Å². The number of hydrogen-bond donors (Lipinski definition) is 0. The van der Waals surface area contributed by atoms with E-state index in [0.29, 0.717) is 5.92 Å². The molecule has 0 aliphatic carbocycles. The van der Waals surface area contributed by atoms with Gasteiger partial charge in [-0.1, -0.05) is 31.5 Å². The molecule has 17 heavy (non-hydrogen) atoms. The largest absolute Gasteiger partial charge is 0.493 e. The van der Waals surface area contributed by atoms with Crippen molar-refractivity contribution in [2.45, 2.75) is 32.6 Å². The van der Waals surface area contributed by atoms with E-state index in [4.69, 9.17) is 9.47 Å². The van der Waals surface area contributed by atoms with E-state index < -0.39 is 0 Å². The number of rotatable bonds is 6. The van der Waals surface area contributed by atoms with Crippen molar-refractivity contribution in [3.8, 4) is 5.75 Å². The summed E-state index contributed by atoms with van der Waals surface area (Å²) in [5.41, 5.74) is 1.34. The molecule has 0 bridgehead atoms. The fourth-order valence-electron chi connectivity index (χ4n) is 2.14. The summed E-state index contributed by atoms with van der Waals surface area (Å²) in [5.74, 6) is 1.64. The third-order valence-electron chi connectivity index (χ3n) is 3.27. The normalized spacial score (nSPS) is 19.5. The summed E-state index contributed by atoms with van der Waals surface area (Å²) in [6, 6.07) is 8.41. The van der Waals surface area contributed by atoms with Crippen LogP contribution in [0.4, 0.5) is 0 Å². The Morgan fingerprint density at radius 2 is 2.24 bits per heavy atom. The quantitative estimate of drug-likeness (QED) is 0.750. The molecule has 1 heterocycles. The second kappa shape index (κ2) is 6.65. The average Bonchev–Trinajstić information content (AvgIpc) is 2.88. The van der Waals surface area contributed by atoms with E-state index in [1.54, 1.807) is 0 Å². The minimum absolute atomic E-state index is 0.578.